The molecule has 0 aliphatic heterocycles. The SMILES string of the molecule is CC(C)C(C)N(CCCOCCc1ccccc1)C1CC1. The van der Waals surface area contributed by atoms with Crippen LogP contribution < -0.4 is 0 Å². The molecule has 2 rings (SSSR count). The van der Waals surface area contributed by atoms with Gasteiger partial charge in [-0.3, -0.25) is 4.90 Å². The monoisotopic (exact) mass is 289 g/mol. The first-order valence-corrected chi connectivity index (χ1v) is 8.56. The van der Waals surface area contributed by atoms with Gasteiger partial charge in [-0.2, -0.15) is 0 Å². The Bertz CT molecular complexity index is 386. The van der Waals surface area contributed by atoms with Gasteiger partial charge in [-0.1, -0.05) is 44.2 Å². The van der Waals surface area contributed by atoms with Gasteiger partial charge < -0.3 is 4.74 Å². The summed E-state index contributed by atoms with van der Waals surface area (Å²) in [6.07, 6.45) is 4.97. The lowest BCUT2D eigenvalue weighted by Gasteiger charge is -2.31. The molecule has 118 valence electrons. The van der Waals surface area contributed by atoms with Gasteiger partial charge in [0, 0.05) is 25.2 Å². The van der Waals surface area contributed by atoms with Crippen LogP contribution in [0.25, 0.3) is 0 Å². The molecule has 0 saturated heterocycles. The lowest BCUT2D eigenvalue weighted by molar-refractivity contribution is 0.104. The number of ether oxygens (including phenoxy) is 1. The van der Waals surface area contributed by atoms with Gasteiger partial charge in [0.05, 0.1) is 6.61 Å². The highest BCUT2D eigenvalue weighted by atomic mass is 16.5. The fourth-order valence-corrected chi connectivity index (χ4v) is 2.79. The van der Waals surface area contributed by atoms with E-state index in [1.807, 2.05) is 0 Å². The van der Waals surface area contributed by atoms with Crippen molar-refractivity contribution in [2.24, 2.45) is 5.92 Å². The second-order valence-corrected chi connectivity index (χ2v) is 6.66. The van der Waals surface area contributed by atoms with Gasteiger partial charge in [0.1, 0.15) is 0 Å². The minimum Gasteiger partial charge on any atom is -0.381 e. The molecule has 1 aromatic rings. The molecule has 1 atom stereocenters. The zero-order valence-corrected chi connectivity index (χ0v) is 13.9. The summed E-state index contributed by atoms with van der Waals surface area (Å²) in [6, 6.07) is 12.1. The van der Waals surface area contributed by atoms with Gasteiger partial charge >= 0.3 is 0 Å². The number of rotatable bonds is 10. The highest BCUT2D eigenvalue weighted by Crippen LogP contribution is 2.30. The Morgan fingerprint density at radius 3 is 2.43 bits per heavy atom. The van der Waals surface area contributed by atoms with Gasteiger partial charge in [0.25, 0.3) is 0 Å². The molecule has 21 heavy (non-hydrogen) atoms. The molecule has 1 aromatic carbocycles. The second kappa shape index (κ2) is 8.55. The summed E-state index contributed by atoms with van der Waals surface area (Å²) in [6.45, 7) is 9.95. The summed E-state index contributed by atoms with van der Waals surface area (Å²) in [5.74, 6) is 0.740. The minimum absolute atomic E-state index is 0.696. The van der Waals surface area contributed by atoms with Crippen molar-refractivity contribution in [3.63, 3.8) is 0 Å². The van der Waals surface area contributed by atoms with Crippen molar-refractivity contribution >= 4 is 0 Å². The molecule has 0 amide bonds. The van der Waals surface area contributed by atoms with Crippen LogP contribution in [0.5, 0.6) is 0 Å². The lowest BCUT2D eigenvalue weighted by Crippen LogP contribution is -2.39. The maximum atomic E-state index is 5.80. The Morgan fingerprint density at radius 2 is 1.81 bits per heavy atom. The van der Waals surface area contributed by atoms with E-state index in [0.717, 1.165) is 38.0 Å². The molecule has 0 spiro atoms. The van der Waals surface area contributed by atoms with Gasteiger partial charge in [-0.05, 0) is 44.1 Å². The van der Waals surface area contributed by atoms with E-state index in [2.05, 4.69) is 56.0 Å². The first-order chi connectivity index (χ1) is 10.2. The first-order valence-electron chi connectivity index (χ1n) is 8.56. The van der Waals surface area contributed by atoms with Crippen molar-refractivity contribution < 1.29 is 4.74 Å². The van der Waals surface area contributed by atoms with Gasteiger partial charge in [0.2, 0.25) is 0 Å². The van der Waals surface area contributed by atoms with E-state index in [1.165, 1.54) is 24.9 Å². The van der Waals surface area contributed by atoms with E-state index < -0.39 is 0 Å². The minimum atomic E-state index is 0.696. The molecule has 2 heteroatoms. The average Bonchev–Trinajstić information content (AvgIpc) is 3.31. The molecule has 1 saturated carbocycles. The quantitative estimate of drug-likeness (QED) is 0.600. The van der Waals surface area contributed by atoms with Crippen molar-refractivity contribution in [3.05, 3.63) is 35.9 Å². The van der Waals surface area contributed by atoms with Gasteiger partial charge in [-0.25, -0.2) is 0 Å². The van der Waals surface area contributed by atoms with Crippen LogP contribution in [-0.2, 0) is 11.2 Å². The topological polar surface area (TPSA) is 12.5 Å². The molecular weight excluding hydrogens is 258 g/mol. The molecule has 1 unspecified atom stereocenters. The third kappa shape index (κ3) is 5.80. The molecule has 1 fully saturated rings. The molecule has 1 aliphatic rings. The van der Waals surface area contributed by atoms with Gasteiger partial charge in [0.15, 0.2) is 0 Å². The highest BCUT2D eigenvalue weighted by molar-refractivity contribution is 5.14. The molecular formula is C19H31NO. The molecule has 0 N–H and O–H groups in total. The maximum absolute atomic E-state index is 5.80. The molecule has 0 heterocycles. The van der Waals surface area contributed by atoms with Crippen molar-refractivity contribution in [1.82, 2.24) is 4.90 Å². The van der Waals surface area contributed by atoms with Crippen LogP contribution in [0, 0.1) is 5.92 Å². The summed E-state index contributed by atoms with van der Waals surface area (Å²) >= 11 is 0. The van der Waals surface area contributed by atoms with Crippen molar-refractivity contribution in [2.75, 3.05) is 19.8 Å². The molecule has 0 aromatic heterocycles. The molecule has 1 aliphatic carbocycles. The summed E-state index contributed by atoms with van der Waals surface area (Å²) in [4.78, 5) is 2.70. The maximum Gasteiger partial charge on any atom is 0.0506 e. The third-order valence-electron chi connectivity index (χ3n) is 4.59. The number of nitrogens with zero attached hydrogens (tertiary/aromatic N) is 1. The van der Waals surface area contributed by atoms with E-state index >= 15 is 0 Å². The highest BCUT2D eigenvalue weighted by Gasteiger charge is 2.32. The zero-order valence-electron chi connectivity index (χ0n) is 13.9. The van der Waals surface area contributed by atoms with Crippen LogP contribution in [0.15, 0.2) is 30.3 Å². The van der Waals surface area contributed by atoms with Gasteiger partial charge in [-0.15, -0.1) is 0 Å². The zero-order chi connectivity index (χ0) is 15.1. The average molecular weight is 289 g/mol. The number of benzene rings is 1. The predicted molar refractivity (Wildman–Crippen MR) is 89.6 cm³/mol. The first kappa shape index (κ1) is 16.5. The van der Waals surface area contributed by atoms with Crippen molar-refractivity contribution in [3.8, 4) is 0 Å². The predicted octanol–water partition coefficient (Wildman–Crippen LogP) is 4.14. The van der Waals surface area contributed by atoms with Crippen LogP contribution >= 0.6 is 0 Å². The number of hydrogen-bond acceptors (Lipinski definition) is 2. The summed E-state index contributed by atoms with van der Waals surface area (Å²) in [5, 5.41) is 0. The third-order valence-corrected chi connectivity index (χ3v) is 4.59. The van der Waals surface area contributed by atoms with Crippen LogP contribution in [-0.4, -0.2) is 36.7 Å². The molecule has 0 bridgehead atoms. The van der Waals surface area contributed by atoms with E-state index in [1.54, 1.807) is 0 Å². The van der Waals surface area contributed by atoms with E-state index in [0.29, 0.717) is 6.04 Å². The Labute approximate surface area is 130 Å². The molecule has 2 nitrogen and oxygen atoms in total. The molecule has 0 radical (unpaired) electrons. The largest absolute Gasteiger partial charge is 0.381 e. The Hall–Kier alpha value is -0.860. The smallest absolute Gasteiger partial charge is 0.0506 e. The van der Waals surface area contributed by atoms with Crippen molar-refractivity contribution in [2.45, 2.75) is 58.5 Å². The number of hydrogen-bond donors (Lipinski definition) is 0. The fraction of sp³-hybridized carbons (Fsp3) is 0.684. The van der Waals surface area contributed by atoms with Crippen LogP contribution in [0.3, 0.4) is 0 Å². The normalized spacial score (nSPS) is 16.6. The summed E-state index contributed by atoms with van der Waals surface area (Å²) in [7, 11) is 0. The Morgan fingerprint density at radius 1 is 1.10 bits per heavy atom. The van der Waals surface area contributed by atoms with E-state index in [9.17, 15) is 0 Å². The van der Waals surface area contributed by atoms with Crippen LogP contribution in [0.4, 0.5) is 0 Å². The summed E-state index contributed by atoms with van der Waals surface area (Å²) in [5.41, 5.74) is 1.37. The standard InChI is InChI=1S/C19H31NO/c1-16(2)17(3)20(19-10-11-19)13-7-14-21-15-12-18-8-5-4-6-9-18/h4-6,8-9,16-17,19H,7,10-15H2,1-3H3. The van der Waals surface area contributed by atoms with Crippen molar-refractivity contribution in [1.29, 1.82) is 0 Å². The van der Waals surface area contributed by atoms with Crippen LogP contribution in [0.1, 0.15) is 45.6 Å². The summed E-state index contributed by atoms with van der Waals surface area (Å²) < 4.78 is 5.80. The second-order valence-electron chi connectivity index (χ2n) is 6.66. The van der Waals surface area contributed by atoms with E-state index in [-0.39, 0.29) is 0 Å². The Kier molecular flexibility index (Phi) is 6.72. The van der Waals surface area contributed by atoms with Crippen LogP contribution in [0.2, 0.25) is 0 Å². The Balaban J connectivity index is 1.58. The lowest BCUT2D eigenvalue weighted by atomic mass is 10.0. The van der Waals surface area contributed by atoms with E-state index in [4.69, 9.17) is 4.74 Å². The fourth-order valence-electron chi connectivity index (χ4n) is 2.79.